The van der Waals surface area contributed by atoms with Crippen molar-refractivity contribution in [3.05, 3.63) is 0 Å². The molecule has 1 heterocycles. The molecule has 5 nitrogen and oxygen atoms in total. The molecule has 1 fully saturated rings. The average molecular weight is 313 g/mol. The van der Waals surface area contributed by atoms with Gasteiger partial charge in [-0.1, -0.05) is 12.2 Å². The summed E-state index contributed by atoms with van der Waals surface area (Å²) in [6, 6.07) is 0. The fraction of sp³-hybridized carbons (Fsp3) is 0.818. The molecule has 20 heavy (non-hydrogen) atoms. The van der Waals surface area contributed by atoms with Crippen LogP contribution in [0.15, 0.2) is 0 Å². The van der Waals surface area contributed by atoms with Gasteiger partial charge in [0.25, 0.3) is 0 Å². The van der Waals surface area contributed by atoms with Gasteiger partial charge in [-0.25, -0.2) is 0 Å². The highest BCUT2D eigenvalue weighted by Gasteiger charge is 2.38. The summed E-state index contributed by atoms with van der Waals surface area (Å²) in [5, 5.41) is 2.61. The van der Waals surface area contributed by atoms with Crippen LogP contribution in [0, 0.1) is 0 Å². The third-order valence-electron chi connectivity index (χ3n) is 3.19. The summed E-state index contributed by atoms with van der Waals surface area (Å²) in [6.07, 6.45) is -3.39. The molecule has 1 saturated heterocycles. The van der Waals surface area contributed by atoms with Crippen LogP contribution >= 0.6 is 12.2 Å². The zero-order chi connectivity index (χ0) is 15.4. The van der Waals surface area contributed by atoms with E-state index in [4.69, 9.17) is 18.0 Å². The lowest BCUT2D eigenvalue weighted by Gasteiger charge is -2.40. The SMILES string of the molecule is CN1CCC(NC(=O)COCC(F)(F)F)(C(N)=S)CC1. The number of halogens is 3. The zero-order valence-corrected chi connectivity index (χ0v) is 11.9. The Kier molecular flexibility index (Phi) is 5.72. The largest absolute Gasteiger partial charge is 0.411 e. The number of rotatable bonds is 5. The number of hydrogen-bond acceptors (Lipinski definition) is 4. The topological polar surface area (TPSA) is 67.6 Å². The molecule has 0 aliphatic carbocycles. The number of nitrogens with one attached hydrogen (secondary N) is 1. The molecule has 0 aromatic rings. The summed E-state index contributed by atoms with van der Waals surface area (Å²) in [6.45, 7) is -0.731. The predicted octanol–water partition coefficient (Wildman–Crippen LogP) is 0.432. The van der Waals surface area contributed by atoms with Crippen molar-refractivity contribution in [1.82, 2.24) is 10.2 Å². The summed E-state index contributed by atoms with van der Waals surface area (Å²) in [5.74, 6) is -0.647. The Bertz CT molecular complexity index is 368. The maximum absolute atomic E-state index is 11.9. The first-order valence-electron chi connectivity index (χ1n) is 6.09. The normalized spacial score (nSPS) is 19.6. The summed E-state index contributed by atoms with van der Waals surface area (Å²) in [5.41, 5.74) is 4.84. The average Bonchev–Trinajstić information content (AvgIpc) is 2.30. The zero-order valence-electron chi connectivity index (χ0n) is 11.1. The predicted molar refractivity (Wildman–Crippen MR) is 71.3 cm³/mol. The standard InChI is InChI=1S/C11H18F3N3O2S/c1-17-4-2-10(3-5-17,9(15)20)16-8(18)6-19-7-11(12,13)14/h2-7H2,1H3,(H2,15,20)(H,16,18). The monoisotopic (exact) mass is 313 g/mol. The molecule has 1 aliphatic heterocycles. The smallest absolute Gasteiger partial charge is 0.391 e. The van der Waals surface area contributed by atoms with E-state index in [0.717, 1.165) is 0 Å². The van der Waals surface area contributed by atoms with E-state index in [1.165, 1.54) is 0 Å². The van der Waals surface area contributed by atoms with Crippen LogP contribution in [-0.2, 0) is 9.53 Å². The van der Waals surface area contributed by atoms with Crippen LogP contribution in [0.2, 0.25) is 0 Å². The van der Waals surface area contributed by atoms with Crippen LogP contribution < -0.4 is 11.1 Å². The number of nitrogens with zero attached hydrogens (tertiary/aromatic N) is 1. The summed E-state index contributed by atoms with van der Waals surface area (Å²) < 4.78 is 40.0. The molecule has 1 amide bonds. The van der Waals surface area contributed by atoms with E-state index in [1.807, 2.05) is 7.05 Å². The second-order valence-electron chi connectivity index (χ2n) is 4.91. The van der Waals surface area contributed by atoms with E-state index in [1.54, 1.807) is 0 Å². The minimum absolute atomic E-state index is 0.148. The Balaban J connectivity index is 2.50. The maximum atomic E-state index is 11.9. The molecule has 1 rings (SSSR count). The molecule has 0 saturated carbocycles. The van der Waals surface area contributed by atoms with Crippen molar-refractivity contribution in [1.29, 1.82) is 0 Å². The molecule has 1 aliphatic rings. The molecule has 0 unspecified atom stereocenters. The minimum atomic E-state index is -4.45. The highest BCUT2D eigenvalue weighted by atomic mass is 32.1. The van der Waals surface area contributed by atoms with Crippen LogP contribution in [0.25, 0.3) is 0 Å². The number of carbonyl (C=O) groups is 1. The number of piperidine rings is 1. The van der Waals surface area contributed by atoms with Gasteiger partial charge in [0.15, 0.2) is 0 Å². The minimum Gasteiger partial charge on any atom is -0.391 e. The number of hydrogen-bond donors (Lipinski definition) is 2. The lowest BCUT2D eigenvalue weighted by Crippen LogP contribution is -2.61. The number of carbonyl (C=O) groups excluding carboxylic acids is 1. The summed E-state index contributed by atoms with van der Waals surface area (Å²) in [7, 11) is 1.93. The van der Waals surface area contributed by atoms with Gasteiger partial charge >= 0.3 is 6.18 Å². The molecule has 3 N–H and O–H groups in total. The first-order chi connectivity index (χ1) is 9.15. The maximum Gasteiger partial charge on any atom is 0.411 e. The molecule has 0 aromatic carbocycles. The number of likely N-dealkylation sites (tertiary alicyclic amines) is 1. The van der Waals surface area contributed by atoms with Crippen LogP contribution in [0.1, 0.15) is 12.8 Å². The Hall–Kier alpha value is -0.930. The molecular formula is C11H18F3N3O2S. The number of thiocarbonyl (C=S) groups is 1. The van der Waals surface area contributed by atoms with Crippen molar-refractivity contribution in [3.8, 4) is 0 Å². The fourth-order valence-electron chi connectivity index (χ4n) is 2.00. The molecule has 0 spiro atoms. The Morgan fingerprint density at radius 2 is 2.00 bits per heavy atom. The third-order valence-corrected chi connectivity index (χ3v) is 3.58. The fourth-order valence-corrected chi connectivity index (χ4v) is 2.25. The van der Waals surface area contributed by atoms with Gasteiger partial charge < -0.3 is 20.7 Å². The van der Waals surface area contributed by atoms with Gasteiger partial charge in [-0.05, 0) is 19.9 Å². The number of amides is 1. The van der Waals surface area contributed by atoms with E-state index in [2.05, 4.69) is 15.0 Å². The molecule has 0 bridgehead atoms. The first-order valence-corrected chi connectivity index (χ1v) is 6.49. The van der Waals surface area contributed by atoms with Crippen molar-refractivity contribution in [3.63, 3.8) is 0 Å². The Morgan fingerprint density at radius 1 is 1.45 bits per heavy atom. The van der Waals surface area contributed by atoms with Crippen molar-refractivity contribution in [2.45, 2.75) is 24.6 Å². The molecule has 0 radical (unpaired) electrons. The molecule has 9 heteroatoms. The van der Waals surface area contributed by atoms with Crippen molar-refractivity contribution < 1.29 is 22.7 Å². The highest BCUT2D eigenvalue weighted by Crippen LogP contribution is 2.22. The number of alkyl halides is 3. The lowest BCUT2D eigenvalue weighted by molar-refractivity contribution is -0.175. The quantitative estimate of drug-likeness (QED) is 0.721. The number of ether oxygens (including phenoxy) is 1. The van der Waals surface area contributed by atoms with Crippen LogP contribution in [0.3, 0.4) is 0 Å². The van der Waals surface area contributed by atoms with Crippen molar-refractivity contribution in [2.24, 2.45) is 5.73 Å². The molecular weight excluding hydrogens is 295 g/mol. The van der Waals surface area contributed by atoms with Gasteiger partial charge in [-0.3, -0.25) is 4.79 Å². The van der Waals surface area contributed by atoms with Gasteiger partial charge in [0.05, 0.1) is 10.5 Å². The van der Waals surface area contributed by atoms with Gasteiger partial charge in [0.2, 0.25) is 5.91 Å². The molecule has 0 aromatic heterocycles. The number of nitrogens with two attached hydrogens (primary N) is 1. The summed E-state index contributed by atoms with van der Waals surface area (Å²) >= 11 is 4.98. The van der Waals surface area contributed by atoms with E-state index in [-0.39, 0.29) is 4.99 Å². The van der Waals surface area contributed by atoms with Gasteiger partial charge in [0.1, 0.15) is 13.2 Å². The van der Waals surface area contributed by atoms with E-state index in [0.29, 0.717) is 25.9 Å². The lowest BCUT2D eigenvalue weighted by atomic mass is 9.87. The molecule has 116 valence electrons. The summed E-state index contributed by atoms with van der Waals surface area (Å²) in [4.78, 5) is 13.9. The van der Waals surface area contributed by atoms with E-state index >= 15 is 0 Å². The van der Waals surface area contributed by atoms with Gasteiger partial charge in [0, 0.05) is 13.1 Å². The van der Waals surface area contributed by atoms with Crippen LogP contribution in [0.4, 0.5) is 13.2 Å². The van der Waals surface area contributed by atoms with Crippen molar-refractivity contribution in [2.75, 3.05) is 33.4 Å². The van der Waals surface area contributed by atoms with Crippen molar-refractivity contribution >= 4 is 23.1 Å². The van der Waals surface area contributed by atoms with E-state index in [9.17, 15) is 18.0 Å². The Labute approximate surface area is 120 Å². The van der Waals surface area contributed by atoms with Gasteiger partial charge in [-0.2, -0.15) is 13.2 Å². The third kappa shape index (κ3) is 5.22. The van der Waals surface area contributed by atoms with Gasteiger partial charge in [-0.15, -0.1) is 0 Å². The first kappa shape index (κ1) is 17.1. The molecule has 0 atom stereocenters. The van der Waals surface area contributed by atoms with Crippen LogP contribution in [-0.4, -0.2) is 60.9 Å². The Morgan fingerprint density at radius 3 is 2.45 bits per heavy atom. The van der Waals surface area contributed by atoms with Crippen LogP contribution in [0.5, 0.6) is 0 Å². The highest BCUT2D eigenvalue weighted by molar-refractivity contribution is 7.80. The second-order valence-corrected chi connectivity index (χ2v) is 5.35. The van der Waals surface area contributed by atoms with E-state index < -0.39 is 30.8 Å². The second kappa shape index (κ2) is 6.68.